The number of halogens is 1. The average molecular weight is 333 g/mol. The van der Waals surface area contributed by atoms with Crippen molar-refractivity contribution in [1.29, 1.82) is 0 Å². The lowest BCUT2D eigenvalue weighted by molar-refractivity contribution is -0.138. The lowest BCUT2D eigenvalue weighted by Crippen LogP contribution is -2.14. The Morgan fingerprint density at radius 1 is 1.17 bits per heavy atom. The molecule has 0 amide bonds. The second-order valence-corrected chi connectivity index (χ2v) is 5.70. The first kappa shape index (κ1) is 17.0. The van der Waals surface area contributed by atoms with Crippen molar-refractivity contribution < 1.29 is 19.4 Å². The molecular formula is C18H17ClO4. The molecule has 0 saturated carbocycles. The molecule has 0 heterocycles. The first-order valence-corrected chi connectivity index (χ1v) is 7.46. The number of ether oxygens (including phenoxy) is 1. The summed E-state index contributed by atoms with van der Waals surface area (Å²) >= 11 is 6.09. The third-order valence-corrected chi connectivity index (χ3v) is 4.12. The maximum atomic E-state index is 11.6. The number of benzene rings is 2. The summed E-state index contributed by atoms with van der Waals surface area (Å²) < 4.78 is 4.64. The maximum Gasteiger partial charge on any atom is 0.337 e. The topological polar surface area (TPSA) is 63.6 Å². The van der Waals surface area contributed by atoms with Crippen LogP contribution in [-0.2, 0) is 16.0 Å². The zero-order chi connectivity index (χ0) is 17.0. The summed E-state index contributed by atoms with van der Waals surface area (Å²) in [5, 5.41) is 10.1. The smallest absolute Gasteiger partial charge is 0.337 e. The Labute approximate surface area is 139 Å². The SMILES string of the molecule is COC(=O)c1ccc(CC(C(=O)O)c2ccc(C)c(Cl)c2)cc1. The van der Waals surface area contributed by atoms with E-state index in [1.807, 2.05) is 13.0 Å². The average Bonchev–Trinajstić information content (AvgIpc) is 2.55. The van der Waals surface area contributed by atoms with Gasteiger partial charge in [-0.2, -0.15) is 0 Å². The van der Waals surface area contributed by atoms with Crippen molar-refractivity contribution in [2.24, 2.45) is 0 Å². The van der Waals surface area contributed by atoms with E-state index in [9.17, 15) is 14.7 Å². The van der Waals surface area contributed by atoms with Gasteiger partial charge in [0.25, 0.3) is 0 Å². The summed E-state index contributed by atoms with van der Waals surface area (Å²) in [5.41, 5.74) is 2.82. The van der Waals surface area contributed by atoms with Gasteiger partial charge in [-0.05, 0) is 48.2 Å². The molecule has 1 N–H and O–H groups in total. The Balaban J connectivity index is 2.24. The summed E-state index contributed by atoms with van der Waals surface area (Å²) in [6, 6.07) is 12.0. The summed E-state index contributed by atoms with van der Waals surface area (Å²) in [7, 11) is 1.32. The van der Waals surface area contributed by atoms with Crippen molar-refractivity contribution in [2.75, 3.05) is 7.11 Å². The van der Waals surface area contributed by atoms with Gasteiger partial charge in [0, 0.05) is 5.02 Å². The van der Waals surface area contributed by atoms with Crippen molar-refractivity contribution in [2.45, 2.75) is 19.3 Å². The number of methoxy groups -OCH3 is 1. The predicted molar refractivity (Wildman–Crippen MR) is 88.1 cm³/mol. The number of carboxylic acids is 1. The van der Waals surface area contributed by atoms with Crippen LogP contribution in [0.5, 0.6) is 0 Å². The van der Waals surface area contributed by atoms with Gasteiger partial charge in [0.2, 0.25) is 0 Å². The maximum absolute atomic E-state index is 11.6. The molecule has 0 spiro atoms. The molecule has 120 valence electrons. The van der Waals surface area contributed by atoms with Gasteiger partial charge >= 0.3 is 11.9 Å². The quantitative estimate of drug-likeness (QED) is 0.845. The molecule has 2 aromatic rings. The molecule has 0 fully saturated rings. The van der Waals surface area contributed by atoms with Crippen LogP contribution in [0.4, 0.5) is 0 Å². The van der Waals surface area contributed by atoms with Crippen LogP contribution in [0.25, 0.3) is 0 Å². The number of aryl methyl sites for hydroxylation is 1. The number of hydrogen-bond donors (Lipinski definition) is 1. The largest absolute Gasteiger partial charge is 0.481 e. The van der Waals surface area contributed by atoms with Crippen LogP contribution in [0.3, 0.4) is 0 Å². The number of rotatable bonds is 5. The molecular weight excluding hydrogens is 316 g/mol. The summed E-state index contributed by atoms with van der Waals surface area (Å²) in [6.45, 7) is 1.87. The lowest BCUT2D eigenvalue weighted by atomic mass is 9.91. The van der Waals surface area contributed by atoms with Gasteiger partial charge in [0.05, 0.1) is 18.6 Å². The first-order valence-electron chi connectivity index (χ1n) is 7.08. The van der Waals surface area contributed by atoms with Gasteiger partial charge in [-0.1, -0.05) is 35.9 Å². The molecule has 5 heteroatoms. The van der Waals surface area contributed by atoms with Gasteiger partial charge in [-0.25, -0.2) is 4.79 Å². The van der Waals surface area contributed by atoms with E-state index in [4.69, 9.17) is 11.6 Å². The van der Waals surface area contributed by atoms with Gasteiger partial charge in [-0.15, -0.1) is 0 Å². The third kappa shape index (κ3) is 4.11. The standard InChI is InChI=1S/C18H17ClO4/c1-11-3-6-14(10-16(11)19)15(17(20)21)9-12-4-7-13(8-5-12)18(22)23-2/h3-8,10,15H,9H2,1-2H3,(H,20,21). The van der Waals surface area contributed by atoms with Crippen molar-refractivity contribution in [1.82, 2.24) is 0 Å². The number of carboxylic acid groups (broad SMARTS) is 1. The fourth-order valence-electron chi connectivity index (χ4n) is 2.30. The van der Waals surface area contributed by atoms with Gasteiger partial charge < -0.3 is 9.84 Å². The van der Waals surface area contributed by atoms with Crippen molar-refractivity contribution in [3.63, 3.8) is 0 Å². The van der Waals surface area contributed by atoms with Gasteiger partial charge in [0.1, 0.15) is 0 Å². The van der Waals surface area contributed by atoms with Gasteiger partial charge in [0.15, 0.2) is 0 Å². The Bertz CT molecular complexity index is 722. The second kappa shape index (κ2) is 7.29. The monoisotopic (exact) mass is 332 g/mol. The molecule has 0 radical (unpaired) electrons. The van der Waals surface area contributed by atoms with Gasteiger partial charge in [-0.3, -0.25) is 4.79 Å². The summed E-state index contributed by atoms with van der Waals surface area (Å²) in [5.74, 6) is -2.03. The van der Waals surface area contributed by atoms with Crippen LogP contribution in [-0.4, -0.2) is 24.2 Å². The molecule has 0 aromatic heterocycles. The van der Waals surface area contributed by atoms with E-state index >= 15 is 0 Å². The molecule has 0 saturated heterocycles. The van der Waals surface area contributed by atoms with E-state index in [2.05, 4.69) is 4.74 Å². The number of hydrogen-bond acceptors (Lipinski definition) is 3. The van der Waals surface area contributed by atoms with E-state index in [1.54, 1.807) is 36.4 Å². The molecule has 4 nitrogen and oxygen atoms in total. The molecule has 0 aliphatic heterocycles. The Kier molecular flexibility index (Phi) is 5.40. The second-order valence-electron chi connectivity index (χ2n) is 5.29. The zero-order valence-corrected chi connectivity index (χ0v) is 13.6. The van der Waals surface area contributed by atoms with E-state index in [0.29, 0.717) is 22.6 Å². The molecule has 0 aliphatic rings. The fraction of sp³-hybridized carbons (Fsp3) is 0.222. The van der Waals surface area contributed by atoms with Crippen LogP contribution in [0.15, 0.2) is 42.5 Å². The summed E-state index contributed by atoms with van der Waals surface area (Å²) in [4.78, 5) is 23.0. The predicted octanol–water partition coefficient (Wildman–Crippen LogP) is 3.85. The van der Waals surface area contributed by atoms with E-state index < -0.39 is 17.9 Å². The Morgan fingerprint density at radius 3 is 2.35 bits per heavy atom. The molecule has 23 heavy (non-hydrogen) atoms. The highest BCUT2D eigenvalue weighted by Crippen LogP contribution is 2.26. The van der Waals surface area contributed by atoms with Crippen LogP contribution in [0.1, 0.15) is 33.0 Å². The lowest BCUT2D eigenvalue weighted by Gasteiger charge is -2.14. The van der Waals surface area contributed by atoms with E-state index in [-0.39, 0.29) is 0 Å². The highest BCUT2D eigenvalue weighted by atomic mass is 35.5. The highest BCUT2D eigenvalue weighted by molar-refractivity contribution is 6.31. The zero-order valence-electron chi connectivity index (χ0n) is 12.9. The normalized spacial score (nSPS) is 11.8. The van der Waals surface area contributed by atoms with Crippen LogP contribution < -0.4 is 0 Å². The summed E-state index contributed by atoms with van der Waals surface area (Å²) in [6.07, 6.45) is 0.316. The number of carbonyl (C=O) groups excluding carboxylic acids is 1. The minimum absolute atomic E-state index is 0.316. The van der Waals surface area contributed by atoms with E-state index in [0.717, 1.165) is 11.1 Å². The molecule has 2 rings (SSSR count). The molecule has 1 atom stereocenters. The molecule has 0 aliphatic carbocycles. The molecule has 1 unspecified atom stereocenters. The molecule has 2 aromatic carbocycles. The molecule has 0 bridgehead atoms. The minimum Gasteiger partial charge on any atom is -0.481 e. The number of aliphatic carboxylic acids is 1. The Hall–Kier alpha value is -2.33. The number of esters is 1. The van der Waals surface area contributed by atoms with Crippen molar-refractivity contribution in [3.05, 3.63) is 69.7 Å². The van der Waals surface area contributed by atoms with Crippen LogP contribution >= 0.6 is 11.6 Å². The highest BCUT2D eigenvalue weighted by Gasteiger charge is 2.21. The fourth-order valence-corrected chi connectivity index (χ4v) is 2.49. The third-order valence-electron chi connectivity index (χ3n) is 3.71. The first-order chi connectivity index (χ1) is 10.9. The Morgan fingerprint density at radius 2 is 1.83 bits per heavy atom. The van der Waals surface area contributed by atoms with Crippen LogP contribution in [0.2, 0.25) is 5.02 Å². The van der Waals surface area contributed by atoms with Crippen molar-refractivity contribution >= 4 is 23.5 Å². The number of carbonyl (C=O) groups is 2. The van der Waals surface area contributed by atoms with Crippen LogP contribution in [0, 0.1) is 6.92 Å². The minimum atomic E-state index is -0.915. The van der Waals surface area contributed by atoms with Crippen molar-refractivity contribution in [3.8, 4) is 0 Å². The van der Waals surface area contributed by atoms with E-state index in [1.165, 1.54) is 7.11 Å².